The average molecular weight is 427 g/mol. The molecule has 0 aromatic heterocycles. The van der Waals surface area contributed by atoms with Crippen LogP contribution in [0.2, 0.25) is 5.02 Å². The van der Waals surface area contributed by atoms with E-state index in [0.717, 1.165) is 6.42 Å². The highest BCUT2D eigenvalue weighted by Gasteiger charge is 2.44. The fourth-order valence-electron chi connectivity index (χ4n) is 3.27. The molecule has 1 N–H and O–H groups in total. The lowest BCUT2D eigenvalue weighted by molar-refractivity contribution is -0.150. The first-order chi connectivity index (χ1) is 14.0. The van der Waals surface area contributed by atoms with Gasteiger partial charge in [0, 0.05) is 16.7 Å². The number of nitrogens with zero attached hydrogens (tertiary/aromatic N) is 1. The summed E-state index contributed by atoms with van der Waals surface area (Å²) in [6.07, 6.45) is 0.787. The molecule has 148 valence electrons. The van der Waals surface area contributed by atoms with Gasteiger partial charge < -0.3 is 10.1 Å². The maximum absolute atomic E-state index is 12.8. The number of hydrogen-bond donors (Lipinski definition) is 1. The van der Waals surface area contributed by atoms with Gasteiger partial charge in [-0.25, -0.2) is 0 Å². The fourth-order valence-corrected chi connectivity index (χ4v) is 4.43. The normalized spacial score (nSPS) is 18.7. The van der Waals surface area contributed by atoms with Crippen molar-refractivity contribution in [3.8, 4) is 6.07 Å². The van der Waals surface area contributed by atoms with Crippen LogP contribution >= 0.6 is 23.4 Å². The number of halogens is 1. The fraction of sp³-hybridized carbons (Fsp3) is 0.227. The molecule has 1 aliphatic heterocycles. The smallest absolute Gasteiger partial charge is 0.319 e. The molecule has 0 saturated carbocycles. The number of carbonyl (C=O) groups excluding carboxylic acids is 2. The predicted octanol–water partition coefficient (Wildman–Crippen LogP) is 4.05. The summed E-state index contributed by atoms with van der Waals surface area (Å²) in [5.74, 6) is -2.32. The standard InChI is InChI=1S/C22H19ClN2O3S/c1-28-22(27)19-18(15-7-9-16(23)10-8-15)17(13-24)21(25-20(19)26)29-12-11-14-5-3-2-4-6-14/h2-10,18-19H,11-12H2,1H3,(H,25,26)/t18-,19+/m1/s1. The summed E-state index contributed by atoms with van der Waals surface area (Å²) < 4.78 is 4.84. The van der Waals surface area contributed by atoms with Gasteiger partial charge in [0.2, 0.25) is 5.91 Å². The van der Waals surface area contributed by atoms with Crippen LogP contribution in [0.25, 0.3) is 0 Å². The van der Waals surface area contributed by atoms with E-state index in [9.17, 15) is 14.9 Å². The van der Waals surface area contributed by atoms with Crippen molar-refractivity contribution in [2.24, 2.45) is 5.92 Å². The molecule has 0 radical (unpaired) electrons. The van der Waals surface area contributed by atoms with Crippen LogP contribution in [0.4, 0.5) is 0 Å². The third-order valence-corrected chi connectivity index (χ3v) is 5.96. The van der Waals surface area contributed by atoms with Crippen molar-refractivity contribution in [1.82, 2.24) is 5.32 Å². The molecule has 0 bridgehead atoms. The molecule has 1 amide bonds. The monoisotopic (exact) mass is 426 g/mol. The highest BCUT2D eigenvalue weighted by Crippen LogP contribution is 2.40. The van der Waals surface area contributed by atoms with Gasteiger partial charge in [-0.15, -0.1) is 11.8 Å². The molecular weight excluding hydrogens is 408 g/mol. The minimum Gasteiger partial charge on any atom is -0.468 e. The molecule has 0 saturated heterocycles. The van der Waals surface area contributed by atoms with E-state index in [0.29, 0.717) is 26.9 Å². The molecule has 0 spiro atoms. The van der Waals surface area contributed by atoms with E-state index >= 15 is 0 Å². The second-order valence-electron chi connectivity index (χ2n) is 6.46. The maximum atomic E-state index is 12.8. The molecule has 29 heavy (non-hydrogen) atoms. The van der Waals surface area contributed by atoms with E-state index in [1.54, 1.807) is 24.3 Å². The lowest BCUT2D eigenvalue weighted by Gasteiger charge is -2.31. The van der Waals surface area contributed by atoms with Gasteiger partial charge in [-0.1, -0.05) is 54.1 Å². The van der Waals surface area contributed by atoms with E-state index in [1.165, 1.54) is 24.4 Å². The van der Waals surface area contributed by atoms with Crippen molar-refractivity contribution in [3.63, 3.8) is 0 Å². The first kappa shape index (κ1) is 21.0. The largest absolute Gasteiger partial charge is 0.468 e. The van der Waals surface area contributed by atoms with E-state index < -0.39 is 23.7 Å². The van der Waals surface area contributed by atoms with Crippen LogP contribution in [-0.2, 0) is 20.7 Å². The average Bonchev–Trinajstić information content (AvgIpc) is 2.74. The van der Waals surface area contributed by atoms with Crippen LogP contribution < -0.4 is 5.32 Å². The van der Waals surface area contributed by atoms with Crippen LogP contribution in [0.1, 0.15) is 17.0 Å². The quantitative estimate of drug-likeness (QED) is 0.556. The number of aryl methyl sites for hydroxylation is 1. The first-order valence-electron chi connectivity index (χ1n) is 9.00. The van der Waals surface area contributed by atoms with Gasteiger partial charge in [0.1, 0.15) is 5.92 Å². The number of allylic oxidation sites excluding steroid dienone is 1. The summed E-state index contributed by atoms with van der Waals surface area (Å²) in [6.45, 7) is 0. The molecule has 0 fully saturated rings. The van der Waals surface area contributed by atoms with Crippen molar-refractivity contribution in [1.29, 1.82) is 5.26 Å². The van der Waals surface area contributed by atoms with Gasteiger partial charge in [0.15, 0.2) is 0 Å². The van der Waals surface area contributed by atoms with Gasteiger partial charge >= 0.3 is 5.97 Å². The summed E-state index contributed by atoms with van der Waals surface area (Å²) in [5.41, 5.74) is 2.18. The number of hydrogen-bond acceptors (Lipinski definition) is 5. The van der Waals surface area contributed by atoms with Crippen LogP contribution in [-0.4, -0.2) is 24.7 Å². The highest BCUT2D eigenvalue weighted by molar-refractivity contribution is 8.03. The van der Waals surface area contributed by atoms with Crippen molar-refractivity contribution in [2.75, 3.05) is 12.9 Å². The van der Waals surface area contributed by atoms with Crippen molar-refractivity contribution in [2.45, 2.75) is 12.3 Å². The summed E-state index contributed by atoms with van der Waals surface area (Å²) in [5, 5.41) is 13.6. The summed E-state index contributed by atoms with van der Waals surface area (Å²) in [6, 6.07) is 19.0. The Morgan fingerprint density at radius 2 is 1.90 bits per heavy atom. The Morgan fingerprint density at radius 1 is 1.21 bits per heavy atom. The Morgan fingerprint density at radius 3 is 2.52 bits per heavy atom. The van der Waals surface area contributed by atoms with Crippen LogP contribution in [0.15, 0.2) is 65.2 Å². The number of esters is 1. The minimum atomic E-state index is -1.13. The van der Waals surface area contributed by atoms with Gasteiger partial charge in [-0.05, 0) is 29.7 Å². The molecule has 2 atom stereocenters. The van der Waals surface area contributed by atoms with Crippen LogP contribution in [0.5, 0.6) is 0 Å². The molecule has 0 unspecified atom stereocenters. The number of nitriles is 1. The van der Waals surface area contributed by atoms with Crippen molar-refractivity contribution >= 4 is 35.2 Å². The van der Waals surface area contributed by atoms with Gasteiger partial charge in [0.05, 0.1) is 23.8 Å². The Balaban J connectivity index is 1.93. The number of carbonyl (C=O) groups is 2. The summed E-state index contributed by atoms with van der Waals surface area (Å²) in [4.78, 5) is 25.1. The SMILES string of the molecule is COC(=O)[C@@H]1C(=O)NC(SCCc2ccccc2)=C(C#N)[C@H]1c1ccc(Cl)cc1. The second-order valence-corrected chi connectivity index (χ2v) is 8.00. The number of benzene rings is 2. The third kappa shape index (κ3) is 4.81. The van der Waals surface area contributed by atoms with Gasteiger partial charge in [-0.2, -0.15) is 5.26 Å². The lowest BCUT2D eigenvalue weighted by atomic mass is 9.78. The number of thioether (sulfide) groups is 1. The minimum absolute atomic E-state index is 0.348. The van der Waals surface area contributed by atoms with E-state index in [4.69, 9.17) is 16.3 Å². The van der Waals surface area contributed by atoms with E-state index in [-0.39, 0.29) is 0 Å². The molecule has 1 heterocycles. The maximum Gasteiger partial charge on any atom is 0.319 e. The van der Waals surface area contributed by atoms with Gasteiger partial charge in [0.25, 0.3) is 0 Å². The predicted molar refractivity (Wildman–Crippen MR) is 113 cm³/mol. The number of methoxy groups -OCH3 is 1. The van der Waals surface area contributed by atoms with Crippen molar-refractivity contribution < 1.29 is 14.3 Å². The van der Waals surface area contributed by atoms with Gasteiger partial charge in [-0.3, -0.25) is 9.59 Å². The molecule has 2 aromatic carbocycles. The number of nitrogens with one attached hydrogen (secondary N) is 1. The Labute approximate surface area is 178 Å². The Bertz CT molecular complexity index is 968. The highest BCUT2D eigenvalue weighted by atomic mass is 35.5. The van der Waals surface area contributed by atoms with E-state index in [1.807, 2.05) is 30.3 Å². The zero-order valence-electron chi connectivity index (χ0n) is 15.7. The first-order valence-corrected chi connectivity index (χ1v) is 10.4. The van der Waals surface area contributed by atoms with Crippen molar-refractivity contribution in [3.05, 3.63) is 81.3 Å². The zero-order chi connectivity index (χ0) is 20.8. The molecule has 3 rings (SSSR count). The summed E-state index contributed by atoms with van der Waals surface area (Å²) in [7, 11) is 1.23. The third-order valence-electron chi connectivity index (χ3n) is 4.69. The molecule has 2 aromatic rings. The number of amides is 1. The molecule has 7 heteroatoms. The second kappa shape index (κ2) is 9.64. The number of rotatable bonds is 6. The van der Waals surface area contributed by atoms with Crippen LogP contribution in [0, 0.1) is 17.2 Å². The number of ether oxygens (including phenoxy) is 1. The molecular formula is C22H19ClN2O3S. The van der Waals surface area contributed by atoms with Crippen LogP contribution in [0.3, 0.4) is 0 Å². The molecule has 0 aliphatic carbocycles. The molecule has 5 nitrogen and oxygen atoms in total. The topological polar surface area (TPSA) is 79.2 Å². The lowest BCUT2D eigenvalue weighted by Crippen LogP contribution is -2.44. The summed E-state index contributed by atoms with van der Waals surface area (Å²) >= 11 is 7.38. The Hall–Kier alpha value is -2.75. The zero-order valence-corrected chi connectivity index (χ0v) is 17.3. The van der Waals surface area contributed by atoms with E-state index in [2.05, 4.69) is 11.4 Å². The Kier molecular flexibility index (Phi) is 6.97. The molecule has 1 aliphatic rings.